The van der Waals surface area contributed by atoms with E-state index in [2.05, 4.69) is 0 Å². The van der Waals surface area contributed by atoms with Gasteiger partial charge < -0.3 is 4.74 Å². The van der Waals surface area contributed by atoms with Crippen LogP contribution in [0, 0.1) is 6.92 Å². The van der Waals surface area contributed by atoms with Crippen molar-refractivity contribution in [2.45, 2.75) is 64.1 Å². The monoisotopic (exact) mass is 341 g/mol. The van der Waals surface area contributed by atoms with Crippen molar-refractivity contribution in [3.8, 4) is 0 Å². The quantitative estimate of drug-likeness (QED) is 0.699. The molecule has 1 aliphatic heterocycles. The summed E-state index contributed by atoms with van der Waals surface area (Å²) < 4.78 is 45.2. The largest absolute Gasteiger partial charge is 0.446 e. The number of halogens is 3. The van der Waals surface area contributed by atoms with Crippen LogP contribution < -0.4 is 4.90 Å². The van der Waals surface area contributed by atoms with Gasteiger partial charge in [-0.1, -0.05) is 6.07 Å². The normalized spacial score (nSPS) is 19.1. The molecule has 6 heteroatoms. The number of rotatable bonds is 1. The third-order valence-electron chi connectivity index (χ3n) is 4.89. The summed E-state index contributed by atoms with van der Waals surface area (Å²) in [4.78, 5) is 13.9. The first-order chi connectivity index (χ1) is 11.4. The van der Waals surface area contributed by atoms with Gasteiger partial charge in [-0.15, -0.1) is 0 Å². The van der Waals surface area contributed by atoms with E-state index in [9.17, 15) is 18.0 Å². The zero-order chi connectivity index (χ0) is 17.3. The van der Waals surface area contributed by atoms with Crippen molar-refractivity contribution in [1.29, 1.82) is 0 Å². The summed E-state index contributed by atoms with van der Waals surface area (Å²) >= 11 is 0. The number of nitrogens with zero attached hydrogens (tertiary/aromatic N) is 1. The average molecular weight is 341 g/mol. The molecule has 1 aliphatic carbocycles. The molecule has 1 fully saturated rings. The molecule has 0 radical (unpaired) electrons. The summed E-state index contributed by atoms with van der Waals surface area (Å²) in [5.74, 6) is 0. The second-order valence-electron chi connectivity index (χ2n) is 6.69. The highest BCUT2D eigenvalue weighted by Gasteiger charge is 2.35. The number of benzene rings is 1. The van der Waals surface area contributed by atoms with Gasteiger partial charge in [-0.05, 0) is 69.1 Å². The maximum atomic E-state index is 13.2. The van der Waals surface area contributed by atoms with E-state index in [4.69, 9.17) is 4.74 Å². The highest BCUT2D eigenvalue weighted by Crippen LogP contribution is 2.38. The topological polar surface area (TPSA) is 29.5 Å². The molecule has 3 rings (SSSR count). The van der Waals surface area contributed by atoms with E-state index in [0.717, 1.165) is 50.2 Å². The zero-order valence-electron chi connectivity index (χ0n) is 13.8. The molecular formula is C18H22F3NO2. The first-order valence-corrected chi connectivity index (χ1v) is 8.55. The standard InChI is InChI=1S/C18H22F3NO2/c1-12-10-13-6-4-5-9-22(16(13)11-15(12)18(19,20)21)17(23)24-14-7-2-3-8-14/h10-11,14H,2-9H2,1H3. The van der Waals surface area contributed by atoms with Gasteiger partial charge in [-0.25, -0.2) is 4.79 Å². The number of aryl methyl sites for hydroxylation is 2. The van der Waals surface area contributed by atoms with Crippen LogP contribution >= 0.6 is 0 Å². The molecule has 24 heavy (non-hydrogen) atoms. The van der Waals surface area contributed by atoms with E-state index in [0.29, 0.717) is 18.7 Å². The SMILES string of the molecule is Cc1cc2c(cc1C(F)(F)F)N(C(=O)OC1CCCC1)CCCC2. The number of carbonyl (C=O) groups is 1. The lowest BCUT2D eigenvalue weighted by Crippen LogP contribution is -2.34. The lowest BCUT2D eigenvalue weighted by molar-refractivity contribution is -0.138. The Morgan fingerprint density at radius 2 is 1.88 bits per heavy atom. The Bertz CT molecular complexity index is 621. The Labute approximate surface area is 139 Å². The first kappa shape index (κ1) is 17.1. The highest BCUT2D eigenvalue weighted by atomic mass is 19.4. The molecule has 3 nitrogen and oxygen atoms in total. The van der Waals surface area contributed by atoms with Gasteiger partial charge >= 0.3 is 12.3 Å². The first-order valence-electron chi connectivity index (χ1n) is 8.55. The lowest BCUT2D eigenvalue weighted by atomic mass is 9.99. The van der Waals surface area contributed by atoms with Crippen LogP contribution in [0.15, 0.2) is 12.1 Å². The molecule has 1 amide bonds. The van der Waals surface area contributed by atoms with Crippen LogP contribution in [0.4, 0.5) is 23.7 Å². The Kier molecular flexibility index (Phi) is 4.74. The van der Waals surface area contributed by atoms with Crippen molar-refractivity contribution >= 4 is 11.8 Å². The molecule has 0 atom stereocenters. The minimum absolute atomic E-state index is 0.100. The summed E-state index contributed by atoms with van der Waals surface area (Å²) in [7, 11) is 0. The third kappa shape index (κ3) is 3.52. The average Bonchev–Trinajstić information content (AvgIpc) is 2.91. The molecule has 0 spiro atoms. The van der Waals surface area contributed by atoms with E-state index >= 15 is 0 Å². The fourth-order valence-corrected chi connectivity index (χ4v) is 3.62. The maximum Gasteiger partial charge on any atom is 0.416 e. The van der Waals surface area contributed by atoms with Gasteiger partial charge in [-0.3, -0.25) is 4.90 Å². The second-order valence-corrected chi connectivity index (χ2v) is 6.69. The molecule has 2 aliphatic rings. The molecule has 1 heterocycles. The smallest absolute Gasteiger partial charge is 0.416 e. The molecule has 132 valence electrons. The molecule has 0 aromatic heterocycles. The van der Waals surface area contributed by atoms with Crippen LogP contribution in [0.3, 0.4) is 0 Å². The zero-order valence-corrected chi connectivity index (χ0v) is 13.8. The molecular weight excluding hydrogens is 319 g/mol. The number of ether oxygens (including phenoxy) is 1. The van der Waals surface area contributed by atoms with Gasteiger partial charge in [0.25, 0.3) is 0 Å². The number of hydrogen-bond acceptors (Lipinski definition) is 2. The highest BCUT2D eigenvalue weighted by molar-refractivity contribution is 5.89. The van der Waals surface area contributed by atoms with Crippen LogP contribution in [-0.4, -0.2) is 18.7 Å². The Hall–Kier alpha value is -1.72. The second kappa shape index (κ2) is 6.65. The van der Waals surface area contributed by atoms with Gasteiger partial charge in [0, 0.05) is 6.54 Å². The van der Waals surface area contributed by atoms with Gasteiger partial charge in [0.1, 0.15) is 6.10 Å². The molecule has 1 aromatic rings. The number of carbonyl (C=O) groups excluding carboxylic acids is 1. The van der Waals surface area contributed by atoms with Crippen molar-refractivity contribution in [3.05, 3.63) is 28.8 Å². The number of fused-ring (bicyclic) bond motifs is 1. The predicted molar refractivity (Wildman–Crippen MR) is 85.2 cm³/mol. The summed E-state index contributed by atoms with van der Waals surface area (Å²) in [6.45, 7) is 1.87. The fourth-order valence-electron chi connectivity index (χ4n) is 3.62. The van der Waals surface area contributed by atoms with Crippen molar-refractivity contribution in [2.24, 2.45) is 0 Å². The van der Waals surface area contributed by atoms with Crippen molar-refractivity contribution < 1.29 is 22.7 Å². The Morgan fingerprint density at radius 1 is 1.17 bits per heavy atom. The number of anilines is 1. The number of hydrogen-bond donors (Lipinski definition) is 0. The van der Waals surface area contributed by atoms with Crippen molar-refractivity contribution in [2.75, 3.05) is 11.4 Å². The van der Waals surface area contributed by atoms with Gasteiger partial charge in [0.15, 0.2) is 0 Å². The summed E-state index contributed by atoms with van der Waals surface area (Å²) in [5, 5.41) is 0. The molecule has 0 saturated heterocycles. The minimum Gasteiger partial charge on any atom is -0.446 e. The third-order valence-corrected chi connectivity index (χ3v) is 4.89. The van der Waals surface area contributed by atoms with Crippen LogP contribution in [0.5, 0.6) is 0 Å². The summed E-state index contributed by atoms with van der Waals surface area (Å²) in [6, 6.07) is 2.69. The summed E-state index contributed by atoms with van der Waals surface area (Å²) in [6.07, 6.45) is 1.01. The Morgan fingerprint density at radius 3 is 2.54 bits per heavy atom. The van der Waals surface area contributed by atoms with Gasteiger partial charge in [-0.2, -0.15) is 13.2 Å². The van der Waals surface area contributed by atoms with E-state index in [1.54, 1.807) is 6.07 Å². The van der Waals surface area contributed by atoms with E-state index < -0.39 is 17.8 Å². The fraction of sp³-hybridized carbons (Fsp3) is 0.611. The molecule has 0 bridgehead atoms. The Balaban J connectivity index is 1.93. The molecule has 1 saturated carbocycles. The van der Waals surface area contributed by atoms with E-state index in [-0.39, 0.29) is 11.7 Å². The van der Waals surface area contributed by atoms with Gasteiger partial charge in [0.2, 0.25) is 0 Å². The van der Waals surface area contributed by atoms with E-state index in [1.165, 1.54) is 11.8 Å². The van der Waals surface area contributed by atoms with Crippen LogP contribution in [0.2, 0.25) is 0 Å². The molecule has 0 unspecified atom stereocenters. The number of alkyl halides is 3. The predicted octanol–water partition coefficient (Wildman–Crippen LogP) is 5.24. The van der Waals surface area contributed by atoms with Crippen molar-refractivity contribution in [1.82, 2.24) is 0 Å². The molecule has 0 N–H and O–H groups in total. The summed E-state index contributed by atoms with van der Waals surface area (Å²) in [5.41, 5.74) is 0.670. The molecule has 1 aromatic carbocycles. The minimum atomic E-state index is -4.42. The maximum absolute atomic E-state index is 13.2. The van der Waals surface area contributed by atoms with E-state index in [1.807, 2.05) is 0 Å². The number of amides is 1. The van der Waals surface area contributed by atoms with Crippen molar-refractivity contribution in [3.63, 3.8) is 0 Å². The van der Waals surface area contributed by atoms with Gasteiger partial charge in [0.05, 0.1) is 11.3 Å². The van der Waals surface area contributed by atoms with Crippen LogP contribution in [-0.2, 0) is 17.3 Å². The lowest BCUT2D eigenvalue weighted by Gasteiger charge is -2.25. The van der Waals surface area contributed by atoms with Crippen LogP contribution in [0.25, 0.3) is 0 Å². The van der Waals surface area contributed by atoms with Crippen LogP contribution in [0.1, 0.15) is 55.2 Å².